The van der Waals surface area contributed by atoms with Crippen LogP contribution in [0, 0.1) is 5.82 Å². The number of esters is 1. The van der Waals surface area contributed by atoms with Crippen LogP contribution in [0.15, 0.2) is 42.5 Å². The number of benzene rings is 2. The van der Waals surface area contributed by atoms with E-state index in [0.29, 0.717) is 30.4 Å². The maximum Gasteiger partial charge on any atom is 0.338 e. The van der Waals surface area contributed by atoms with Gasteiger partial charge in [0.2, 0.25) is 5.91 Å². The summed E-state index contributed by atoms with van der Waals surface area (Å²) in [5, 5.41) is 4.81. The normalized spacial score (nSPS) is 12.0. The lowest BCUT2D eigenvalue weighted by atomic mass is 10.2. The molecule has 1 aliphatic rings. The number of carbonyl (C=O) groups excluding carboxylic acids is 3. The predicted octanol–water partition coefficient (Wildman–Crippen LogP) is 1.51. The molecule has 0 atom stereocenters. The summed E-state index contributed by atoms with van der Waals surface area (Å²) in [4.78, 5) is 35.5. The average molecular weight is 388 g/mol. The van der Waals surface area contributed by atoms with Gasteiger partial charge < -0.3 is 24.8 Å². The van der Waals surface area contributed by atoms with E-state index >= 15 is 0 Å². The van der Waals surface area contributed by atoms with E-state index in [1.807, 2.05) is 0 Å². The molecule has 0 bridgehead atoms. The van der Waals surface area contributed by atoms with Crippen LogP contribution in [0.5, 0.6) is 11.5 Å². The van der Waals surface area contributed by atoms with Gasteiger partial charge in [-0.1, -0.05) is 0 Å². The van der Waals surface area contributed by atoms with Crippen LogP contribution in [0.1, 0.15) is 10.4 Å². The Morgan fingerprint density at radius 3 is 2.43 bits per heavy atom. The second-order valence-corrected chi connectivity index (χ2v) is 5.77. The topological polar surface area (TPSA) is 103 Å². The summed E-state index contributed by atoms with van der Waals surface area (Å²) in [5.41, 5.74) is 0.608. The predicted molar refractivity (Wildman–Crippen MR) is 95.8 cm³/mol. The first-order chi connectivity index (χ1) is 13.5. The lowest BCUT2D eigenvalue weighted by molar-refractivity contribution is -0.126. The molecule has 0 aliphatic carbocycles. The van der Waals surface area contributed by atoms with Crippen molar-refractivity contribution in [3.05, 3.63) is 53.8 Å². The van der Waals surface area contributed by atoms with Crippen LogP contribution >= 0.6 is 0 Å². The van der Waals surface area contributed by atoms with E-state index in [-0.39, 0.29) is 12.1 Å². The highest BCUT2D eigenvalue weighted by Gasteiger charge is 2.17. The lowest BCUT2D eigenvalue weighted by Crippen LogP contribution is -2.35. The summed E-state index contributed by atoms with van der Waals surface area (Å²) in [6.07, 6.45) is 0. The number of amides is 2. The largest absolute Gasteiger partial charge is 0.486 e. The van der Waals surface area contributed by atoms with Crippen LogP contribution in [-0.2, 0) is 14.3 Å². The molecule has 0 saturated carbocycles. The van der Waals surface area contributed by atoms with Crippen LogP contribution in [-0.4, -0.2) is 44.1 Å². The van der Waals surface area contributed by atoms with Crippen molar-refractivity contribution < 1.29 is 33.0 Å². The minimum absolute atomic E-state index is 0.214. The summed E-state index contributed by atoms with van der Waals surface area (Å²) in [5.74, 6) is -1.30. The summed E-state index contributed by atoms with van der Waals surface area (Å²) < 4.78 is 28.5. The minimum atomic E-state index is -0.706. The monoisotopic (exact) mass is 388 g/mol. The Morgan fingerprint density at radius 1 is 0.964 bits per heavy atom. The molecule has 2 aromatic carbocycles. The van der Waals surface area contributed by atoms with Crippen molar-refractivity contribution in [2.24, 2.45) is 0 Å². The number of carbonyl (C=O) groups is 3. The number of hydrogen-bond acceptors (Lipinski definition) is 6. The summed E-state index contributed by atoms with van der Waals surface area (Å²) in [6.45, 7) is -0.0471. The Kier molecular flexibility index (Phi) is 6.05. The molecule has 0 unspecified atom stereocenters. The van der Waals surface area contributed by atoms with Crippen LogP contribution in [0.2, 0.25) is 0 Å². The second-order valence-electron chi connectivity index (χ2n) is 5.77. The van der Waals surface area contributed by atoms with Gasteiger partial charge in [0.05, 0.1) is 12.1 Å². The van der Waals surface area contributed by atoms with Gasteiger partial charge in [-0.3, -0.25) is 9.59 Å². The van der Waals surface area contributed by atoms with Gasteiger partial charge in [-0.05, 0) is 42.5 Å². The van der Waals surface area contributed by atoms with Crippen molar-refractivity contribution in [1.82, 2.24) is 5.32 Å². The smallest absolute Gasteiger partial charge is 0.338 e. The molecule has 1 aliphatic heterocycles. The van der Waals surface area contributed by atoms with E-state index in [4.69, 9.17) is 14.2 Å². The molecule has 1 heterocycles. The quantitative estimate of drug-likeness (QED) is 0.728. The lowest BCUT2D eigenvalue weighted by Gasteiger charge is -2.18. The van der Waals surface area contributed by atoms with Crippen LogP contribution in [0.25, 0.3) is 0 Å². The molecule has 2 aromatic rings. The van der Waals surface area contributed by atoms with E-state index in [2.05, 4.69) is 10.6 Å². The molecular formula is C19H17FN2O6. The van der Waals surface area contributed by atoms with Crippen molar-refractivity contribution in [1.29, 1.82) is 0 Å². The van der Waals surface area contributed by atoms with Gasteiger partial charge in [0, 0.05) is 5.69 Å². The van der Waals surface area contributed by atoms with Crippen molar-refractivity contribution in [3.63, 3.8) is 0 Å². The van der Waals surface area contributed by atoms with Crippen molar-refractivity contribution in [2.75, 3.05) is 31.7 Å². The van der Waals surface area contributed by atoms with Gasteiger partial charge in [0.15, 0.2) is 18.1 Å². The zero-order valence-electron chi connectivity index (χ0n) is 14.7. The minimum Gasteiger partial charge on any atom is -0.486 e. The standard InChI is InChI=1S/C19H17FN2O6/c20-13-2-4-14(5-3-13)22-17(23)10-21-18(24)11-28-19(25)12-1-6-15-16(9-12)27-8-7-26-15/h1-6,9H,7-8,10-11H2,(H,21,24)(H,22,23). The van der Waals surface area contributed by atoms with Gasteiger partial charge in [-0.15, -0.1) is 0 Å². The molecule has 0 spiro atoms. The Hall–Kier alpha value is -3.62. The molecule has 0 saturated heterocycles. The fraction of sp³-hybridized carbons (Fsp3) is 0.211. The Morgan fingerprint density at radius 2 is 1.68 bits per heavy atom. The fourth-order valence-corrected chi connectivity index (χ4v) is 2.35. The van der Waals surface area contributed by atoms with Gasteiger partial charge in [-0.25, -0.2) is 9.18 Å². The highest BCUT2D eigenvalue weighted by Crippen LogP contribution is 2.30. The third-order valence-electron chi connectivity index (χ3n) is 3.69. The molecular weight excluding hydrogens is 371 g/mol. The molecule has 0 aromatic heterocycles. The van der Waals surface area contributed by atoms with E-state index in [9.17, 15) is 18.8 Å². The van der Waals surface area contributed by atoms with Crippen molar-refractivity contribution >= 4 is 23.5 Å². The number of hydrogen-bond donors (Lipinski definition) is 2. The van der Waals surface area contributed by atoms with Crippen molar-refractivity contribution in [2.45, 2.75) is 0 Å². The summed E-state index contributed by atoms with van der Waals surface area (Å²) >= 11 is 0. The number of ether oxygens (including phenoxy) is 3. The molecule has 9 heteroatoms. The molecule has 28 heavy (non-hydrogen) atoms. The van der Waals surface area contributed by atoms with Gasteiger partial charge >= 0.3 is 5.97 Å². The van der Waals surface area contributed by atoms with Crippen LogP contribution in [0.3, 0.4) is 0 Å². The van der Waals surface area contributed by atoms with E-state index < -0.39 is 30.2 Å². The number of nitrogens with one attached hydrogen (secondary N) is 2. The number of halogens is 1. The maximum atomic E-state index is 12.8. The fourth-order valence-electron chi connectivity index (χ4n) is 2.35. The Bertz CT molecular complexity index is 884. The maximum absolute atomic E-state index is 12.8. The third kappa shape index (κ3) is 5.19. The molecule has 2 N–H and O–H groups in total. The number of anilines is 1. The highest BCUT2D eigenvalue weighted by molar-refractivity contribution is 5.95. The first-order valence-corrected chi connectivity index (χ1v) is 8.40. The highest BCUT2D eigenvalue weighted by atomic mass is 19.1. The molecule has 0 radical (unpaired) electrons. The molecule has 2 amide bonds. The second kappa shape index (κ2) is 8.85. The third-order valence-corrected chi connectivity index (χ3v) is 3.69. The van der Waals surface area contributed by atoms with Crippen molar-refractivity contribution in [3.8, 4) is 11.5 Å². The van der Waals surface area contributed by atoms with Crippen LogP contribution < -0.4 is 20.1 Å². The van der Waals surface area contributed by atoms with E-state index in [1.54, 1.807) is 6.07 Å². The number of rotatable bonds is 6. The van der Waals surface area contributed by atoms with E-state index in [1.165, 1.54) is 36.4 Å². The Labute approximate surface area is 159 Å². The SMILES string of the molecule is O=C(COC(=O)c1ccc2c(c1)OCCO2)NCC(=O)Nc1ccc(F)cc1. The van der Waals surface area contributed by atoms with Gasteiger partial charge in [-0.2, -0.15) is 0 Å². The zero-order chi connectivity index (χ0) is 19.9. The summed E-state index contributed by atoms with van der Waals surface area (Å²) in [6, 6.07) is 9.76. The molecule has 146 valence electrons. The van der Waals surface area contributed by atoms with Gasteiger partial charge in [0.25, 0.3) is 5.91 Å². The Balaban J connectivity index is 1.41. The first kappa shape index (κ1) is 19.2. The molecule has 0 fully saturated rings. The molecule has 3 rings (SSSR count). The number of fused-ring (bicyclic) bond motifs is 1. The van der Waals surface area contributed by atoms with Gasteiger partial charge in [0.1, 0.15) is 19.0 Å². The average Bonchev–Trinajstić information content (AvgIpc) is 2.71. The zero-order valence-corrected chi connectivity index (χ0v) is 14.7. The first-order valence-electron chi connectivity index (χ1n) is 8.40. The summed E-state index contributed by atoms with van der Waals surface area (Å²) in [7, 11) is 0. The molecule has 8 nitrogen and oxygen atoms in total. The van der Waals surface area contributed by atoms with E-state index in [0.717, 1.165) is 0 Å². The van der Waals surface area contributed by atoms with Crippen LogP contribution in [0.4, 0.5) is 10.1 Å².